The van der Waals surface area contributed by atoms with Crippen molar-refractivity contribution in [1.82, 2.24) is 4.90 Å². The first-order chi connectivity index (χ1) is 9.80. The fraction of sp³-hybridized carbons (Fsp3) is 1.00. The Balaban J connectivity index is 2.00. The Kier molecular flexibility index (Phi) is 6.79. The van der Waals surface area contributed by atoms with Gasteiger partial charge in [-0.25, -0.2) is 0 Å². The first-order valence-electron chi connectivity index (χ1n) is 8.86. The zero-order chi connectivity index (χ0) is 14.4. The van der Waals surface area contributed by atoms with E-state index in [0.29, 0.717) is 18.6 Å². The van der Waals surface area contributed by atoms with E-state index in [1.54, 1.807) is 0 Å². The molecule has 118 valence electrons. The quantitative estimate of drug-likeness (QED) is 0.720. The van der Waals surface area contributed by atoms with E-state index < -0.39 is 0 Å². The van der Waals surface area contributed by atoms with Gasteiger partial charge in [0.15, 0.2) is 0 Å². The van der Waals surface area contributed by atoms with Crippen molar-refractivity contribution in [2.24, 2.45) is 17.6 Å². The number of nitrogens with two attached hydrogens (primary N) is 1. The third-order valence-electron chi connectivity index (χ3n) is 5.61. The van der Waals surface area contributed by atoms with E-state index in [1.165, 1.54) is 51.4 Å². The number of aliphatic hydroxyl groups excluding tert-OH is 1. The second-order valence-electron chi connectivity index (χ2n) is 6.93. The maximum absolute atomic E-state index is 9.19. The molecule has 0 aliphatic heterocycles. The van der Waals surface area contributed by atoms with Gasteiger partial charge in [-0.3, -0.25) is 4.90 Å². The summed E-state index contributed by atoms with van der Waals surface area (Å²) in [5.41, 5.74) is 6.06. The summed E-state index contributed by atoms with van der Waals surface area (Å²) in [6, 6.07) is 1.46. The molecule has 0 spiro atoms. The highest BCUT2D eigenvalue weighted by Crippen LogP contribution is 2.38. The minimum absolute atomic E-state index is 0.321. The number of hydrogen-bond acceptors (Lipinski definition) is 3. The molecule has 0 radical (unpaired) electrons. The average Bonchev–Trinajstić information content (AvgIpc) is 2.41. The molecule has 3 N–H and O–H groups in total. The fourth-order valence-electron chi connectivity index (χ4n) is 4.24. The second-order valence-corrected chi connectivity index (χ2v) is 6.93. The number of hydrogen-bond donors (Lipinski definition) is 2. The van der Waals surface area contributed by atoms with Crippen molar-refractivity contribution in [2.45, 2.75) is 76.8 Å². The van der Waals surface area contributed by atoms with Gasteiger partial charge in [0, 0.05) is 25.2 Å². The topological polar surface area (TPSA) is 49.5 Å². The standard InChI is InChI=1S/C17H34N2O/c1-2-5-14-8-9-15(13-18)17(12-14)19(10-4-11-20)16-6-3-7-16/h14-17,20H,2-13,18H2,1H3. The third-order valence-corrected chi connectivity index (χ3v) is 5.61. The molecule has 2 fully saturated rings. The normalized spacial score (nSPS) is 31.5. The van der Waals surface area contributed by atoms with E-state index in [9.17, 15) is 5.11 Å². The highest BCUT2D eigenvalue weighted by Gasteiger charge is 2.37. The summed E-state index contributed by atoms with van der Waals surface area (Å²) in [6.07, 6.45) is 11.8. The van der Waals surface area contributed by atoms with Gasteiger partial charge in [-0.05, 0) is 50.5 Å². The molecule has 0 bridgehead atoms. The van der Waals surface area contributed by atoms with Gasteiger partial charge in [0.2, 0.25) is 0 Å². The second kappa shape index (κ2) is 8.35. The number of aliphatic hydroxyl groups is 1. The lowest BCUT2D eigenvalue weighted by molar-refractivity contribution is 0.0119. The van der Waals surface area contributed by atoms with Crippen LogP contribution in [0.4, 0.5) is 0 Å². The van der Waals surface area contributed by atoms with Crippen LogP contribution >= 0.6 is 0 Å². The van der Waals surface area contributed by atoms with E-state index in [4.69, 9.17) is 5.73 Å². The minimum atomic E-state index is 0.321. The van der Waals surface area contributed by atoms with E-state index in [1.807, 2.05) is 0 Å². The summed E-state index contributed by atoms with van der Waals surface area (Å²) in [6.45, 7) is 4.54. The molecule has 3 heteroatoms. The van der Waals surface area contributed by atoms with Crippen molar-refractivity contribution in [2.75, 3.05) is 19.7 Å². The van der Waals surface area contributed by atoms with Gasteiger partial charge >= 0.3 is 0 Å². The average molecular weight is 282 g/mol. The summed E-state index contributed by atoms with van der Waals surface area (Å²) in [7, 11) is 0. The predicted molar refractivity (Wildman–Crippen MR) is 84.6 cm³/mol. The van der Waals surface area contributed by atoms with Crippen molar-refractivity contribution < 1.29 is 5.11 Å². The third kappa shape index (κ3) is 3.96. The van der Waals surface area contributed by atoms with Crippen LogP contribution in [-0.4, -0.2) is 41.8 Å². The van der Waals surface area contributed by atoms with Crippen LogP contribution in [0.2, 0.25) is 0 Å². The molecule has 0 heterocycles. The molecular formula is C17H34N2O. The van der Waals surface area contributed by atoms with Gasteiger partial charge in [0.1, 0.15) is 0 Å². The Morgan fingerprint density at radius 1 is 1.20 bits per heavy atom. The molecule has 20 heavy (non-hydrogen) atoms. The van der Waals surface area contributed by atoms with E-state index in [0.717, 1.165) is 31.5 Å². The number of nitrogens with zero attached hydrogens (tertiary/aromatic N) is 1. The molecule has 2 aliphatic carbocycles. The van der Waals surface area contributed by atoms with Crippen molar-refractivity contribution in [3.05, 3.63) is 0 Å². The van der Waals surface area contributed by atoms with Crippen molar-refractivity contribution in [3.63, 3.8) is 0 Å². The Labute approximate surface area is 124 Å². The first kappa shape index (κ1) is 16.3. The monoisotopic (exact) mass is 282 g/mol. The summed E-state index contributed by atoms with van der Waals surface area (Å²) in [4.78, 5) is 2.74. The van der Waals surface area contributed by atoms with Crippen LogP contribution in [-0.2, 0) is 0 Å². The predicted octanol–water partition coefficient (Wildman–Crippen LogP) is 2.77. The molecule has 2 rings (SSSR count). The molecule has 3 nitrogen and oxygen atoms in total. The van der Waals surface area contributed by atoms with Crippen molar-refractivity contribution in [1.29, 1.82) is 0 Å². The van der Waals surface area contributed by atoms with Crippen LogP contribution < -0.4 is 5.73 Å². The summed E-state index contributed by atoms with van der Waals surface area (Å²) < 4.78 is 0. The molecule has 0 amide bonds. The smallest absolute Gasteiger partial charge is 0.0443 e. The van der Waals surface area contributed by atoms with Crippen molar-refractivity contribution >= 4 is 0 Å². The van der Waals surface area contributed by atoms with Gasteiger partial charge in [-0.2, -0.15) is 0 Å². The van der Waals surface area contributed by atoms with E-state index in [-0.39, 0.29) is 0 Å². The lowest BCUT2D eigenvalue weighted by Crippen LogP contribution is -2.53. The molecule has 0 aromatic carbocycles. The van der Waals surface area contributed by atoms with Crippen LogP contribution in [0.1, 0.15) is 64.7 Å². The Morgan fingerprint density at radius 2 is 2.00 bits per heavy atom. The number of rotatable bonds is 8. The minimum Gasteiger partial charge on any atom is -0.396 e. The Morgan fingerprint density at radius 3 is 2.55 bits per heavy atom. The summed E-state index contributed by atoms with van der Waals surface area (Å²) in [5, 5.41) is 9.19. The highest BCUT2D eigenvalue weighted by atomic mass is 16.3. The van der Waals surface area contributed by atoms with Gasteiger partial charge < -0.3 is 10.8 Å². The van der Waals surface area contributed by atoms with Gasteiger partial charge in [-0.1, -0.05) is 32.6 Å². The van der Waals surface area contributed by atoms with Crippen molar-refractivity contribution in [3.8, 4) is 0 Å². The van der Waals surface area contributed by atoms with Crippen LogP contribution in [0.3, 0.4) is 0 Å². The molecule has 2 aliphatic rings. The highest BCUT2D eigenvalue weighted by molar-refractivity contribution is 4.92. The molecule has 3 unspecified atom stereocenters. The molecular weight excluding hydrogens is 248 g/mol. The zero-order valence-electron chi connectivity index (χ0n) is 13.3. The van der Waals surface area contributed by atoms with E-state index in [2.05, 4.69) is 11.8 Å². The van der Waals surface area contributed by atoms with Gasteiger partial charge in [-0.15, -0.1) is 0 Å². The summed E-state index contributed by atoms with van der Waals surface area (Å²) >= 11 is 0. The first-order valence-corrected chi connectivity index (χ1v) is 8.86. The van der Waals surface area contributed by atoms with Crippen LogP contribution in [0.25, 0.3) is 0 Å². The maximum Gasteiger partial charge on any atom is 0.0443 e. The maximum atomic E-state index is 9.19. The van der Waals surface area contributed by atoms with Crippen LogP contribution in [0, 0.1) is 11.8 Å². The Bertz CT molecular complexity index is 268. The molecule has 2 saturated carbocycles. The van der Waals surface area contributed by atoms with Gasteiger partial charge in [0.25, 0.3) is 0 Å². The SMILES string of the molecule is CCCC1CCC(CN)C(N(CCCO)C2CCC2)C1. The summed E-state index contributed by atoms with van der Waals surface area (Å²) in [5.74, 6) is 1.59. The Hall–Kier alpha value is -0.120. The lowest BCUT2D eigenvalue weighted by atomic mass is 9.74. The molecule has 3 atom stereocenters. The zero-order valence-corrected chi connectivity index (χ0v) is 13.3. The molecule has 0 saturated heterocycles. The fourth-order valence-corrected chi connectivity index (χ4v) is 4.24. The van der Waals surface area contributed by atoms with Crippen LogP contribution in [0.15, 0.2) is 0 Å². The van der Waals surface area contributed by atoms with Gasteiger partial charge in [0.05, 0.1) is 0 Å². The molecule has 0 aromatic rings. The van der Waals surface area contributed by atoms with Crippen LogP contribution in [0.5, 0.6) is 0 Å². The molecule has 0 aromatic heterocycles. The largest absolute Gasteiger partial charge is 0.396 e. The lowest BCUT2D eigenvalue weighted by Gasteiger charge is -2.48. The van der Waals surface area contributed by atoms with E-state index >= 15 is 0 Å².